The van der Waals surface area contributed by atoms with Crippen molar-refractivity contribution in [3.05, 3.63) is 11.1 Å². The topological polar surface area (TPSA) is 49.9 Å². The first-order valence-electron chi connectivity index (χ1n) is 6.29. The second-order valence-corrected chi connectivity index (χ2v) is 4.61. The van der Waals surface area contributed by atoms with Gasteiger partial charge in [0, 0.05) is 32.8 Å². The van der Waals surface area contributed by atoms with Crippen LogP contribution in [0.4, 0.5) is 4.79 Å². The first-order chi connectivity index (χ1) is 8.47. The largest absolute Gasteiger partial charge is 0.463 e. The Balaban J connectivity index is 2.60. The lowest BCUT2D eigenvalue weighted by Gasteiger charge is -2.31. The third-order valence-corrected chi connectivity index (χ3v) is 3.13. The Hall–Kier alpha value is -1.52. The van der Waals surface area contributed by atoms with Crippen LogP contribution in [0.5, 0.6) is 0 Å². The van der Waals surface area contributed by atoms with Crippen molar-refractivity contribution in [3.63, 3.8) is 0 Å². The lowest BCUT2D eigenvalue weighted by atomic mass is 9.99. The molecule has 5 nitrogen and oxygen atoms in total. The summed E-state index contributed by atoms with van der Waals surface area (Å²) in [6.07, 6.45) is 1.51. The number of amides is 2. The molecule has 0 aliphatic carbocycles. The Bertz CT molecular complexity index is 351. The van der Waals surface area contributed by atoms with Crippen molar-refractivity contribution in [2.24, 2.45) is 0 Å². The molecule has 0 aromatic carbocycles. The van der Waals surface area contributed by atoms with E-state index in [2.05, 4.69) is 0 Å². The number of carbonyl (C=O) groups is 2. The van der Waals surface area contributed by atoms with Crippen molar-refractivity contribution in [1.82, 2.24) is 9.80 Å². The van der Waals surface area contributed by atoms with E-state index in [1.165, 1.54) is 0 Å². The van der Waals surface area contributed by atoms with E-state index >= 15 is 0 Å². The van der Waals surface area contributed by atoms with Gasteiger partial charge in [-0.3, -0.25) is 0 Å². The summed E-state index contributed by atoms with van der Waals surface area (Å²) in [6.45, 7) is 5.34. The van der Waals surface area contributed by atoms with Crippen LogP contribution in [-0.2, 0) is 9.53 Å². The molecule has 18 heavy (non-hydrogen) atoms. The van der Waals surface area contributed by atoms with E-state index in [1.807, 2.05) is 4.90 Å². The van der Waals surface area contributed by atoms with Gasteiger partial charge in [-0.2, -0.15) is 0 Å². The quantitative estimate of drug-likeness (QED) is 0.556. The van der Waals surface area contributed by atoms with Crippen LogP contribution < -0.4 is 0 Å². The van der Waals surface area contributed by atoms with Gasteiger partial charge < -0.3 is 14.5 Å². The molecule has 0 N–H and O–H groups in total. The van der Waals surface area contributed by atoms with Gasteiger partial charge in [-0.1, -0.05) is 5.57 Å². The van der Waals surface area contributed by atoms with Crippen LogP contribution in [0.15, 0.2) is 11.1 Å². The van der Waals surface area contributed by atoms with Crippen LogP contribution in [-0.4, -0.2) is 55.6 Å². The summed E-state index contributed by atoms with van der Waals surface area (Å²) in [5.41, 5.74) is 1.81. The van der Waals surface area contributed by atoms with Crippen molar-refractivity contribution < 1.29 is 14.3 Å². The maximum Gasteiger partial charge on any atom is 0.333 e. The molecule has 1 saturated heterocycles. The number of rotatable bonds is 2. The molecule has 1 aliphatic heterocycles. The fraction of sp³-hybridized carbons (Fsp3) is 0.692. The second kappa shape index (κ2) is 6.42. The SMILES string of the molecule is CCOC(=O)C(C)=C1CCN(C(=O)N(C)C)CC1. The molecule has 2 amide bonds. The molecule has 5 heteroatoms. The summed E-state index contributed by atoms with van der Waals surface area (Å²) in [7, 11) is 3.50. The molecule has 1 fully saturated rings. The minimum atomic E-state index is -0.236. The molecule has 0 bridgehead atoms. The zero-order valence-corrected chi connectivity index (χ0v) is 11.7. The van der Waals surface area contributed by atoms with E-state index in [1.54, 1.807) is 32.8 Å². The van der Waals surface area contributed by atoms with E-state index in [-0.39, 0.29) is 12.0 Å². The molecule has 0 aromatic rings. The van der Waals surface area contributed by atoms with Gasteiger partial charge >= 0.3 is 12.0 Å². The van der Waals surface area contributed by atoms with E-state index in [4.69, 9.17) is 4.74 Å². The fourth-order valence-corrected chi connectivity index (χ4v) is 2.01. The summed E-state index contributed by atoms with van der Waals surface area (Å²) in [5.74, 6) is -0.236. The van der Waals surface area contributed by atoms with Crippen LogP contribution in [0, 0.1) is 0 Å². The molecule has 0 aromatic heterocycles. The highest BCUT2D eigenvalue weighted by atomic mass is 16.5. The van der Waals surface area contributed by atoms with Crippen LogP contribution in [0.3, 0.4) is 0 Å². The molecular weight excluding hydrogens is 232 g/mol. The lowest BCUT2D eigenvalue weighted by molar-refractivity contribution is -0.138. The molecule has 1 aliphatic rings. The molecular formula is C13H22N2O3. The summed E-state index contributed by atoms with van der Waals surface area (Å²) in [5, 5.41) is 0. The van der Waals surface area contributed by atoms with Gasteiger partial charge in [0.2, 0.25) is 0 Å². The molecule has 0 radical (unpaired) electrons. The predicted octanol–water partition coefficient (Wildman–Crippen LogP) is 1.64. The standard InChI is InChI=1S/C13H22N2O3/c1-5-18-12(16)10(2)11-6-8-15(9-7-11)13(17)14(3)4/h5-9H2,1-4H3. The van der Waals surface area contributed by atoms with Crippen LogP contribution in [0.2, 0.25) is 0 Å². The zero-order valence-electron chi connectivity index (χ0n) is 11.7. The maximum atomic E-state index is 11.8. The number of carbonyl (C=O) groups excluding carboxylic acids is 2. The van der Waals surface area contributed by atoms with Crippen LogP contribution >= 0.6 is 0 Å². The van der Waals surface area contributed by atoms with Gasteiger partial charge in [-0.25, -0.2) is 9.59 Å². The van der Waals surface area contributed by atoms with Gasteiger partial charge in [0.25, 0.3) is 0 Å². The van der Waals surface area contributed by atoms with Gasteiger partial charge in [0.15, 0.2) is 0 Å². The molecule has 1 rings (SSSR count). The Morgan fingerprint density at radius 1 is 1.28 bits per heavy atom. The van der Waals surface area contributed by atoms with Crippen LogP contribution in [0.1, 0.15) is 26.7 Å². The van der Waals surface area contributed by atoms with E-state index < -0.39 is 0 Å². The smallest absolute Gasteiger partial charge is 0.333 e. The number of hydrogen-bond acceptors (Lipinski definition) is 3. The van der Waals surface area contributed by atoms with Gasteiger partial charge in [0.05, 0.1) is 6.61 Å². The number of esters is 1. The number of likely N-dealkylation sites (tertiary alicyclic amines) is 1. The Morgan fingerprint density at radius 2 is 1.83 bits per heavy atom. The van der Waals surface area contributed by atoms with E-state index in [0.717, 1.165) is 18.4 Å². The Labute approximate surface area is 108 Å². The van der Waals surface area contributed by atoms with Crippen molar-refractivity contribution >= 4 is 12.0 Å². The highest BCUT2D eigenvalue weighted by Crippen LogP contribution is 2.21. The average Bonchev–Trinajstić information content (AvgIpc) is 2.37. The molecule has 0 unspecified atom stereocenters. The van der Waals surface area contributed by atoms with Gasteiger partial charge in [0.1, 0.15) is 0 Å². The molecule has 0 saturated carbocycles. The maximum absolute atomic E-state index is 11.8. The number of piperidine rings is 1. The van der Waals surface area contributed by atoms with Crippen molar-refractivity contribution in [3.8, 4) is 0 Å². The minimum Gasteiger partial charge on any atom is -0.463 e. The van der Waals surface area contributed by atoms with Gasteiger partial charge in [-0.15, -0.1) is 0 Å². The number of urea groups is 1. The van der Waals surface area contributed by atoms with Crippen molar-refractivity contribution in [2.45, 2.75) is 26.7 Å². The van der Waals surface area contributed by atoms with Crippen molar-refractivity contribution in [1.29, 1.82) is 0 Å². The number of ether oxygens (including phenoxy) is 1. The monoisotopic (exact) mass is 254 g/mol. The number of hydrogen-bond donors (Lipinski definition) is 0. The lowest BCUT2D eigenvalue weighted by Crippen LogP contribution is -2.42. The Morgan fingerprint density at radius 3 is 2.28 bits per heavy atom. The zero-order chi connectivity index (χ0) is 13.7. The Kier molecular flexibility index (Phi) is 5.19. The molecule has 1 heterocycles. The van der Waals surface area contributed by atoms with Crippen LogP contribution in [0.25, 0.3) is 0 Å². The summed E-state index contributed by atoms with van der Waals surface area (Å²) < 4.78 is 4.98. The fourth-order valence-electron chi connectivity index (χ4n) is 2.01. The highest BCUT2D eigenvalue weighted by molar-refractivity contribution is 5.88. The normalized spacial score (nSPS) is 15.3. The number of nitrogens with zero attached hydrogens (tertiary/aromatic N) is 2. The summed E-state index contributed by atoms with van der Waals surface area (Å²) in [4.78, 5) is 26.7. The second-order valence-electron chi connectivity index (χ2n) is 4.61. The van der Waals surface area contributed by atoms with E-state index in [0.29, 0.717) is 25.3 Å². The molecule has 0 spiro atoms. The van der Waals surface area contributed by atoms with Crippen molar-refractivity contribution in [2.75, 3.05) is 33.8 Å². The summed E-state index contributed by atoms with van der Waals surface area (Å²) in [6, 6.07) is 0.0304. The van der Waals surface area contributed by atoms with Gasteiger partial charge in [-0.05, 0) is 26.7 Å². The third-order valence-electron chi connectivity index (χ3n) is 3.13. The average molecular weight is 254 g/mol. The molecule has 102 valence electrons. The summed E-state index contributed by atoms with van der Waals surface area (Å²) >= 11 is 0. The minimum absolute atomic E-state index is 0.0304. The molecule has 0 atom stereocenters. The first kappa shape index (κ1) is 14.5. The van der Waals surface area contributed by atoms with E-state index in [9.17, 15) is 9.59 Å². The third kappa shape index (κ3) is 3.48. The highest BCUT2D eigenvalue weighted by Gasteiger charge is 2.22. The predicted molar refractivity (Wildman–Crippen MR) is 69.2 cm³/mol. The first-order valence-corrected chi connectivity index (χ1v) is 6.29.